The Balaban J connectivity index is 1.75. The highest BCUT2D eigenvalue weighted by molar-refractivity contribution is 6.30. The summed E-state index contributed by atoms with van der Waals surface area (Å²) in [4.78, 5) is 24.9. The Hall–Kier alpha value is -3.18. The van der Waals surface area contributed by atoms with E-state index >= 15 is 0 Å². The van der Waals surface area contributed by atoms with Crippen molar-refractivity contribution in [3.05, 3.63) is 111 Å². The van der Waals surface area contributed by atoms with Crippen molar-refractivity contribution in [3.8, 4) is 0 Å². The molecular formula is C23H19ClN2O3. The Morgan fingerprint density at radius 2 is 1.62 bits per heavy atom. The first-order valence-corrected chi connectivity index (χ1v) is 9.75. The monoisotopic (exact) mass is 406 g/mol. The van der Waals surface area contributed by atoms with Crippen LogP contribution in [0.3, 0.4) is 0 Å². The molecular weight excluding hydrogens is 388 g/mol. The van der Waals surface area contributed by atoms with Gasteiger partial charge in [-0.05, 0) is 41.5 Å². The van der Waals surface area contributed by atoms with Gasteiger partial charge in [0.25, 0.3) is 0 Å². The third-order valence-corrected chi connectivity index (χ3v) is 5.65. The number of para-hydroxylation sites is 1. The van der Waals surface area contributed by atoms with Crippen LogP contribution in [0.5, 0.6) is 0 Å². The van der Waals surface area contributed by atoms with Crippen molar-refractivity contribution in [2.24, 2.45) is 0 Å². The number of carbonyl (C=O) groups excluding carboxylic acids is 1. The van der Waals surface area contributed by atoms with Gasteiger partial charge in [0, 0.05) is 27.6 Å². The highest BCUT2D eigenvalue weighted by Crippen LogP contribution is 2.43. The standard InChI is InChI=1S/C23H19ClN2O3/c24-17-12-10-15(11-13-17)21(27)14-19-18-8-4-5-9-20(18)25-22(23(19)26(28)29)16-6-2-1-3-7-16/h1-13,19,22-23,25H,14H2/t19-,22+,23+/m1/s1. The van der Waals surface area contributed by atoms with Gasteiger partial charge in [0.15, 0.2) is 5.78 Å². The SMILES string of the molecule is O=C(C[C@@H]1c2ccccc2N[C@@H](c2ccccc2)[C@H]1[N+](=O)[O-])c1ccc(Cl)cc1. The Morgan fingerprint density at radius 1 is 0.966 bits per heavy atom. The summed E-state index contributed by atoms with van der Waals surface area (Å²) in [5.74, 6) is -0.683. The summed E-state index contributed by atoms with van der Waals surface area (Å²) in [6.07, 6.45) is 0.0509. The van der Waals surface area contributed by atoms with Crippen LogP contribution in [0.15, 0.2) is 78.9 Å². The number of nitro groups is 1. The molecule has 0 spiro atoms. The van der Waals surface area contributed by atoms with Gasteiger partial charge in [-0.2, -0.15) is 0 Å². The van der Waals surface area contributed by atoms with Gasteiger partial charge in [0.2, 0.25) is 6.04 Å². The van der Waals surface area contributed by atoms with Crippen molar-refractivity contribution in [2.75, 3.05) is 5.32 Å². The molecule has 0 saturated heterocycles. The largest absolute Gasteiger partial charge is 0.372 e. The van der Waals surface area contributed by atoms with Crippen molar-refractivity contribution in [1.82, 2.24) is 0 Å². The minimum absolute atomic E-state index is 0.0509. The molecule has 0 bridgehead atoms. The predicted octanol–water partition coefficient (Wildman–Crippen LogP) is 5.51. The lowest BCUT2D eigenvalue weighted by molar-refractivity contribution is -0.530. The Bertz CT molecular complexity index is 1040. The molecule has 29 heavy (non-hydrogen) atoms. The van der Waals surface area contributed by atoms with E-state index in [0.717, 1.165) is 16.8 Å². The Labute approximate surface area is 173 Å². The second kappa shape index (κ2) is 8.05. The van der Waals surface area contributed by atoms with Crippen molar-refractivity contribution < 1.29 is 9.72 Å². The van der Waals surface area contributed by atoms with Gasteiger partial charge in [-0.15, -0.1) is 0 Å². The van der Waals surface area contributed by atoms with E-state index in [1.165, 1.54) is 0 Å². The molecule has 0 unspecified atom stereocenters. The third-order valence-electron chi connectivity index (χ3n) is 5.40. The van der Waals surface area contributed by atoms with Gasteiger partial charge in [-0.1, -0.05) is 60.1 Å². The van der Waals surface area contributed by atoms with E-state index < -0.39 is 18.0 Å². The second-order valence-electron chi connectivity index (χ2n) is 7.14. The molecule has 5 nitrogen and oxygen atoms in total. The summed E-state index contributed by atoms with van der Waals surface area (Å²) in [7, 11) is 0. The first kappa shape index (κ1) is 19.2. The van der Waals surface area contributed by atoms with Gasteiger partial charge in [-0.25, -0.2) is 0 Å². The molecule has 0 aliphatic carbocycles. The quantitative estimate of drug-likeness (QED) is 0.344. The van der Waals surface area contributed by atoms with Gasteiger partial charge >= 0.3 is 0 Å². The van der Waals surface area contributed by atoms with Crippen molar-refractivity contribution in [2.45, 2.75) is 24.4 Å². The summed E-state index contributed by atoms with van der Waals surface area (Å²) in [5, 5.41) is 16.0. The van der Waals surface area contributed by atoms with Crippen molar-refractivity contribution in [1.29, 1.82) is 0 Å². The van der Waals surface area contributed by atoms with E-state index in [1.54, 1.807) is 24.3 Å². The number of hydrogen-bond acceptors (Lipinski definition) is 4. The summed E-state index contributed by atoms with van der Waals surface area (Å²) in [5.41, 5.74) is 2.95. The molecule has 3 aromatic rings. The summed E-state index contributed by atoms with van der Waals surface area (Å²) < 4.78 is 0. The van der Waals surface area contributed by atoms with E-state index in [-0.39, 0.29) is 17.1 Å². The van der Waals surface area contributed by atoms with Crippen molar-refractivity contribution in [3.63, 3.8) is 0 Å². The summed E-state index contributed by atoms with van der Waals surface area (Å²) in [6, 6.07) is 22.0. The van der Waals surface area contributed by atoms with Crippen LogP contribution in [0.4, 0.5) is 5.69 Å². The van der Waals surface area contributed by atoms with E-state index in [0.29, 0.717) is 10.6 Å². The van der Waals surface area contributed by atoms with Gasteiger partial charge < -0.3 is 5.32 Å². The molecule has 0 fully saturated rings. The number of ketones is 1. The molecule has 146 valence electrons. The van der Waals surface area contributed by atoms with Crippen LogP contribution in [0.25, 0.3) is 0 Å². The third kappa shape index (κ3) is 3.87. The van der Waals surface area contributed by atoms with E-state index in [1.807, 2.05) is 54.6 Å². The second-order valence-corrected chi connectivity index (χ2v) is 7.57. The molecule has 3 aromatic carbocycles. The summed E-state index contributed by atoms with van der Waals surface area (Å²) >= 11 is 5.92. The molecule has 4 rings (SSSR count). The van der Waals surface area contributed by atoms with Crippen LogP contribution in [0, 0.1) is 10.1 Å². The topological polar surface area (TPSA) is 72.2 Å². The first-order chi connectivity index (χ1) is 14.0. The van der Waals surface area contributed by atoms with Crippen LogP contribution in [0.1, 0.15) is 39.9 Å². The zero-order valence-electron chi connectivity index (χ0n) is 15.5. The van der Waals surface area contributed by atoms with Gasteiger partial charge in [-0.3, -0.25) is 14.9 Å². The Morgan fingerprint density at radius 3 is 2.31 bits per heavy atom. The van der Waals surface area contributed by atoms with Crippen LogP contribution in [-0.2, 0) is 0 Å². The molecule has 6 heteroatoms. The normalized spacial score (nSPS) is 20.4. The fourth-order valence-electron chi connectivity index (χ4n) is 4.01. The maximum absolute atomic E-state index is 13.0. The number of rotatable bonds is 5. The number of anilines is 1. The number of fused-ring (bicyclic) bond motifs is 1. The first-order valence-electron chi connectivity index (χ1n) is 9.37. The highest BCUT2D eigenvalue weighted by Gasteiger charge is 2.46. The molecule has 3 atom stereocenters. The average molecular weight is 407 g/mol. The summed E-state index contributed by atoms with van der Waals surface area (Å²) in [6.45, 7) is 0. The van der Waals surface area contributed by atoms with Gasteiger partial charge in [0.05, 0.1) is 5.92 Å². The number of carbonyl (C=O) groups is 1. The van der Waals surface area contributed by atoms with Crippen LogP contribution >= 0.6 is 11.6 Å². The van der Waals surface area contributed by atoms with E-state index in [9.17, 15) is 14.9 Å². The van der Waals surface area contributed by atoms with Crippen LogP contribution in [0.2, 0.25) is 5.02 Å². The molecule has 0 aromatic heterocycles. The minimum atomic E-state index is -0.969. The van der Waals surface area contributed by atoms with Gasteiger partial charge in [0.1, 0.15) is 6.04 Å². The fraction of sp³-hybridized carbons (Fsp3) is 0.174. The average Bonchev–Trinajstić information content (AvgIpc) is 2.74. The number of nitrogens with one attached hydrogen (secondary N) is 1. The molecule has 1 heterocycles. The van der Waals surface area contributed by atoms with E-state index in [4.69, 9.17) is 11.6 Å². The molecule has 1 N–H and O–H groups in total. The fourth-order valence-corrected chi connectivity index (χ4v) is 4.14. The highest BCUT2D eigenvalue weighted by atomic mass is 35.5. The van der Waals surface area contributed by atoms with Crippen LogP contribution in [-0.4, -0.2) is 16.7 Å². The lowest BCUT2D eigenvalue weighted by atomic mass is 9.77. The predicted molar refractivity (Wildman–Crippen MR) is 113 cm³/mol. The molecule has 0 amide bonds. The smallest absolute Gasteiger partial charge is 0.244 e. The van der Waals surface area contributed by atoms with E-state index in [2.05, 4.69) is 5.32 Å². The molecule has 1 aliphatic rings. The maximum Gasteiger partial charge on any atom is 0.244 e. The lowest BCUT2D eigenvalue weighted by Gasteiger charge is -2.35. The minimum Gasteiger partial charge on any atom is -0.372 e. The number of Topliss-reactive ketones (excluding diaryl/α,β-unsaturated/α-hetero) is 1. The molecule has 1 aliphatic heterocycles. The lowest BCUT2D eigenvalue weighted by Crippen LogP contribution is -2.42. The molecule has 0 radical (unpaired) electrons. The number of hydrogen-bond donors (Lipinski definition) is 1. The number of halogens is 1. The number of benzene rings is 3. The maximum atomic E-state index is 13.0. The zero-order chi connectivity index (χ0) is 20.4. The zero-order valence-corrected chi connectivity index (χ0v) is 16.3. The molecule has 0 saturated carbocycles. The van der Waals surface area contributed by atoms with Crippen molar-refractivity contribution >= 4 is 23.1 Å². The van der Waals surface area contributed by atoms with Crippen LogP contribution < -0.4 is 5.32 Å². The number of nitrogens with zero attached hydrogens (tertiary/aromatic N) is 1. The Kier molecular flexibility index (Phi) is 5.32.